The lowest BCUT2D eigenvalue weighted by Crippen LogP contribution is -2.53. The van der Waals surface area contributed by atoms with Gasteiger partial charge < -0.3 is 13.3 Å². The molecule has 0 atom stereocenters. The van der Waals surface area contributed by atoms with Crippen LogP contribution in [-0.2, 0) is 13.3 Å². The Morgan fingerprint density at radius 3 is 1.46 bits per heavy atom. The quantitative estimate of drug-likeness (QED) is 0.661. The van der Waals surface area contributed by atoms with E-state index in [0.717, 1.165) is 0 Å². The van der Waals surface area contributed by atoms with Crippen molar-refractivity contribution in [3.63, 3.8) is 0 Å². The van der Waals surface area contributed by atoms with Gasteiger partial charge >= 0.3 is 8.80 Å². The maximum absolute atomic E-state index is 5.80. The molecule has 0 N–H and O–H groups in total. The molecule has 0 spiro atoms. The van der Waals surface area contributed by atoms with Gasteiger partial charge in [-0.25, -0.2) is 0 Å². The Bertz CT molecular complexity index is 147. The summed E-state index contributed by atoms with van der Waals surface area (Å²) in [7, 11) is 0.804. The van der Waals surface area contributed by atoms with Crippen LogP contribution in [0.15, 0.2) is 0 Å². The monoisotopic (exact) mass is 206 g/mol. The fourth-order valence-corrected chi connectivity index (χ4v) is 3.84. The molecule has 0 bridgehead atoms. The van der Waals surface area contributed by atoms with Crippen LogP contribution in [0, 0.1) is 0 Å². The molecule has 4 heteroatoms. The Balaban J connectivity index is 4.70. The van der Waals surface area contributed by atoms with Crippen LogP contribution in [0.1, 0.15) is 34.6 Å². The van der Waals surface area contributed by atoms with E-state index in [0.29, 0.717) is 0 Å². The molecule has 0 aliphatic rings. The summed E-state index contributed by atoms with van der Waals surface area (Å²) in [6.45, 7) is 10.2. The zero-order valence-electron chi connectivity index (χ0n) is 9.80. The molecule has 0 heterocycles. The first-order valence-electron chi connectivity index (χ1n) is 4.57. The maximum Gasteiger partial charge on any atom is 0.506 e. The van der Waals surface area contributed by atoms with Crippen molar-refractivity contribution < 1.29 is 13.3 Å². The van der Waals surface area contributed by atoms with E-state index in [4.69, 9.17) is 13.3 Å². The highest BCUT2D eigenvalue weighted by molar-refractivity contribution is 6.64. The molecular formula is C9H22O3Si. The van der Waals surface area contributed by atoms with Crippen LogP contribution in [0.3, 0.4) is 0 Å². The Morgan fingerprint density at radius 1 is 1.00 bits per heavy atom. The second-order valence-corrected chi connectivity index (χ2v) is 8.05. The summed E-state index contributed by atoms with van der Waals surface area (Å²) in [4.78, 5) is 0. The van der Waals surface area contributed by atoms with Gasteiger partial charge in [0.2, 0.25) is 0 Å². The molecule has 0 unspecified atom stereocenters. The van der Waals surface area contributed by atoms with Crippen molar-refractivity contribution in [3.8, 4) is 0 Å². The van der Waals surface area contributed by atoms with Crippen molar-refractivity contribution in [2.24, 2.45) is 0 Å². The van der Waals surface area contributed by atoms with Crippen LogP contribution in [0.2, 0.25) is 5.04 Å². The van der Waals surface area contributed by atoms with Crippen molar-refractivity contribution in [2.45, 2.75) is 45.8 Å². The summed E-state index contributed by atoms with van der Waals surface area (Å²) < 4.78 is 16.7. The third kappa shape index (κ3) is 3.05. The second-order valence-electron chi connectivity index (χ2n) is 4.38. The molecule has 0 aromatic heterocycles. The van der Waals surface area contributed by atoms with Crippen molar-refractivity contribution >= 4 is 8.80 Å². The third-order valence-electron chi connectivity index (χ3n) is 1.85. The molecule has 0 rings (SSSR count). The van der Waals surface area contributed by atoms with Crippen molar-refractivity contribution in [1.82, 2.24) is 0 Å². The normalized spacial score (nSPS) is 13.8. The van der Waals surface area contributed by atoms with Crippen LogP contribution >= 0.6 is 0 Å². The molecule has 0 fully saturated rings. The topological polar surface area (TPSA) is 27.7 Å². The minimum absolute atomic E-state index is 0.0826. The molecule has 0 radical (unpaired) electrons. The van der Waals surface area contributed by atoms with Gasteiger partial charge in [0.15, 0.2) is 0 Å². The van der Waals surface area contributed by atoms with Crippen molar-refractivity contribution in [2.75, 3.05) is 14.2 Å². The first-order valence-corrected chi connectivity index (χ1v) is 6.29. The second kappa shape index (κ2) is 4.55. The molecule has 0 aliphatic carbocycles. The van der Waals surface area contributed by atoms with Gasteiger partial charge in [-0.3, -0.25) is 0 Å². The Morgan fingerprint density at radius 2 is 1.38 bits per heavy atom. The average Bonchev–Trinajstić information content (AvgIpc) is 1.97. The van der Waals surface area contributed by atoms with Crippen molar-refractivity contribution in [3.05, 3.63) is 0 Å². The predicted molar refractivity (Wildman–Crippen MR) is 55.7 cm³/mol. The molecule has 0 aromatic carbocycles. The molecule has 0 aromatic rings. The lowest BCUT2D eigenvalue weighted by atomic mass is 10.3. The zero-order chi connectivity index (χ0) is 10.7. The van der Waals surface area contributed by atoms with Crippen LogP contribution in [-0.4, -0.2) is 29.1 Å². The average molecular weight is 206 g/mol. The minimum atomic E-state index is -2.51. The van der Waals surface area contributed by atoms with Crippen molar-refractivity contribution in [1.29, 1.82) is 0 Å². The van der Waals surface area contributed by atoms with Crippen LogP contribution in [0.25, 0.3) is 0 Å². The summed E-state index contributed by atoms with van der Waals surface area (Å²) >= 11 is 0. The van der Waals surface area contributed by atoms with Gasteiger partial charge in [-0.15, -0.1) is 0 Å². The molecule has 3 nitrogen and oxygen atoms in total. The highest BCUT2D eigenvalue weighted by atomic mass is 28.4. The van der Waals surface area contributed by atoms with E-state index in [2.05, 4.69) is 20.8 Å². The fourth-order valence-electron chi connectivity index (χ4n) is 1.28. The molecule has 0 aliphatic heterocycles. The van der Waals surface area contributed by atoms with Gasteiger partial charge in [0.25, 0.3) is 0 Å². The van der Waals surface area contributed by atoms with Gasteiger partial charge in [-0.2, -0.15) is 0 Å². The summed E-state index contributed by atoms with van der Waals surface area (Å²) in [5.41, 5.74) is 0. The van der Waals surface area contributed by atoms with Gasteiger partial charge in [0.05, 0.1) is 0 Å². The lowest BCUT2D eigenvalue weighted by Gasteiger charge is -2.38. The molecular weight excluding hydrogens is 184 g/mol. The van der Waals surface area contributed by atoms with E-state index in [9.17, 15) is 0 Å². The Labute approximate surface area is 82.8 Å². The lowest BCUT2D eigenvalue weighted by molar-refractivity contribution is 0.0504. The van der Waals surface area contributed by atoms with E-state index in [1.54, 1.807) is 14.2 Å². The highest BCUT2D eigenvalue weighted by Gasteiger charge is 2.52. The molecule has 80 valence electrons. The molecule has 13 heavy (non-hydrogen) atoms. The Kier molecular flexibility index (Phi) is 4.58. The summed E-state index contributed by atoms with van der Waals surface area (Å²) in [6.07, 6.45) is 0.130. The maximum atomic E-state index is 5.80. The minimum Gasteiger partial charge on any atom is -0.377 e. The van der Waals surface area contributed by atoms with E-state index in [1.165, 1.54) is 0 Å². The highest BCUT2D eigenvalue weighted by Crippen LogP contribution is 2.38. The standard InChI is InChI=1S/C9H22O3Si/c1-8(2)12-13(10-6,11-7)9(3,4)5/h8H,1-7H3. The summed E-state index contributed by atoms with van der Waals surface area (Å²) in [5, 5.41) is -0.0826. The van der Waals surface area contributed by atoms with E-state index < -0.39 is 8.80 Å². The van der Waals surface area contributed by atoms with Gasteiger partial charge in [0, 0.05) is 25.4 Å². The van der Waals surface area contributed by atoms with E-state index in [1.807, 2.05) is 13.8 Å². The first-order chi connectivity index (χ1) is 5.79. The molecule has 0 saturated carbocycles. The SMILES string of the molecule is CO[Si](OC)(OC(C)C)C(C)(C)C. The van der Waals surface area contributed by atoms with Gasteiger partial charge in [-0.1, -0.05) is 20.8 Å². The number of hydrogen-bond donors (Lipinski definition) is 0. The fraction of sp³-hybridized carbons (Fsp3) is 1.00. The van der Waals surface area contributed by atoms with Crippen LogP contribution in [0.4, 0.5) is 0 Å². The molecule has 0 amide bonds. The van der Waals surface area contributed by atoms with Crippen LogP contribution in [0.5, 0.6) is 0 Å². The van der Waals surface area contributed by atoms with E-state index >= 15 is 0 Å². The van der Waals surface area contributed by atoms with Gasteiger partial charge in [0.1, 0.15) is 0 Å². The largest absolute Gasteiger partial charge is 0.506 e. The summed E-state index contributed by atoms with van der Waals surface area (Å²) in [6, 6.07) is 0. The first kappa shape index (κ1) is 13.1. The predicted octanol–water partition coefficient (Wildman–Crippen LogP) is 2.44. The van der Waals surface area contributed by atoms with E-state index in [-0.39, 0.29) is 11.1 Å². The molecule has 0 saturated heterocycles. The van der Waals surface area contributed by atoms with Gasteiger partial charge in [-0.05, 0) is 13.8 Å². The van der Waals surface area contributed by atoms with Crippen LogP contribution < -0.4 is 0 Å². The number of rotatable bonds is 4. The smallest absolute Gasteiger partial charge is 0.377 e. The third-order valence-corrected chi connectivity index (χ3v) is 5.54. The number of hydrogen-bond acceptors (Lipinski definition) is 3. The zero-order valence-corrected chi connectivity index (χ0v) is 10.8. The Hall–Kier alpha value is 0.0969. The summed E-state index contributed by atoms with van der Waals surface area (Å²) in [5.74, 6) is 0.